The van der Waals surface area contributed by atoms with E-state index in [0.29, 0.717) is 16.7 Å². The molecular weight excluding hydrogens is 256 g/mol. The van der Waals surface area contributed by atoms with Crippen LogP contribution in [-0.2, 0) is 16.6 Å². The van der Waals surface area contributed by atoms with Crippen molar-refractivity contribution in [1.29, 1.82) is 0 Å². The highest BCUT2D eigenvalue weighted by atomic mass is 32.2. The third-order valence-corrected chi connectivity index (χ3v) is 5.71. The fourth-order valence-electron chi connectivity index (χ4n) is 1.47. The predicted molar refractivity (Wildman–Crippen MR) is 69.6 cm³/mol. The summed E-state index contributed by atoms with van der Waals surface area (Å²) >= 11 is 1.34. The largest absolute Gasteiger partial charge is 0.312 e. The smallest absolute Gasteiger partial charge is 0.250 e. The predicted octanol–water partition coefficient (Wildman–Crippen LogP) is 1.55. The first-order chi connectivity index (χ1) is 8.12. The lowest BCUT2D eigenvalue weighted by Gasteiger charge is -2.02. The summed E-state index contributed by atoms with van der Waals surface area (Å²) in [5.41, 5.74) is 0. The van der Waals surface area contributed by atoms with Gasteiger partial charge in [0.15, 0.2) is 0 Å². The van der Waals surface area contributed by atoms with Crippen molar-refractivity contribution in [3.05, 3.63) is 17.0 Å². The van der Waals surface area contributed by atoms with Crippen LogP contribution < -0.4 is 10.0 Å². The van der Waals surface area contributed by atoms with Gasteiger partial charge in [0.05, 0.1) is 0 Å². The van der Waals surface area contributed by atoms with Gasteiger partial charge in [-0.25, -0.2) is 13.1 Å². The van der Waals surface area contributed by atoms with E-state index in [9.17, 15) is 8.42 Å². The zero-order valence-electron chi connectivity index (χ0n) is 9.90. The van der Waals surface area contributed by atoms with Crippen molar-refractivity contribution >= 4 is 21.4 Å². The Morgan fingerprint density at radius 3 is 2.82 bits per heavy atom. The molecular formula is C11H18N2O2S2. The van der Waals surface area contributed by atoms with E-state index in [4.69, 9.17) is 0 Å². The maximum absolute atomic E-state index is 11.9. The minimum absolute atomic E-state index is 0.422. The number of hydrogen-bond acceptors (Lipinski definition) is 4. The van der Waals surface area contributed by atoms with Gasteiger partial charge in [0.2, 0.25) is 10.0 Å². The van der Waals surface area contributed by atoms with Crippen LogP contribution in [0.4, 0.5) is 0 Å². The van der Waals surface area contributed by atoms with Crippen LogP contribution in [0.25, 0.3) is 0 Å². The van der Waals surface area contributed by atoms with Crippen LogP contribution in [0, 0.1) is 5.92 Å². The van der Waals surface area contributed by atoms with Gasteiger partial charge in [-0.2, -0.15) is 0 Å². The highest BCUT2D eigenvalue weighted by Gasteiger charge is 2.24. The molecule has 0 unspecified atom stereocenters. The zero-order chi connectivity index (χ0) is 12.3. The maximum atomic E-state index is 11.9. The van der Waals surface area contributed by atoms with Crippen molar-refractivity contribution in [1.82, 2.24) is 10.0 Å². The molecule has 0 aromatic carbocycles. The van der Waals surface area contributed by atoms with Gasteiger partial charge >= 0.3 is 0 Å². The van der Waals surface area contributed by atoms with Crippen LogP contribution >= 0.6 is 11.3 Å². The van der Waals surface area contributed by atoms with Crippen molar-refractivity contribution in [3.63, 3.8) is 0 Å². The molecule has 6 heteroatoms. The molecule has 96 valence electrons. The Labute approximate surface area is 106 Å². The average molecular weight is 274 g/mol. The number of hydrogen-bond donors (Lipinski definition) is 2. The molecule has 0 aliphatic heterocycles. The van der Waals surface area contributed by atoms with Gasteiger partial charge in [-0.3, -0.25) is 0 Å². The van der Waals surface area contributed by atoms with Gasteiger partial charge in [0.1, 0.15) is 4.21 Å². The maximum Gasteiger partial charge on any atom is 0.250 e. The van der Waals surface area contributed by atoms with Crippen LogP contribution in [0.5, 0.6) is 0 Å². The van der Waals surface area contributed by atoms with E-state index < -0.39 is 10.0 Å². The molecule has 0 atom stereocenters. The molecule has 2 N–H and O–H groups in total. The normalized spacial score (nSPS) is 16.3. The molecule has 17 heavy (non-hydrogen) atoms. The molecule has 2 rings (SSSR count). The van der Waals surface area contributed by atoms with Crippen molar-refractivity contribution in [3.8, 4) is 0 Å². The topological polar surface area (TPSA) is 58.2 Å². The second kappa shape index (κ2) is 5.48. The third kappa shape index (κ3) is 3.77. The van der Waals surface area contributed by atoms with Gasteiger partial charge in [-0.05, 0) is 37.4 Å². The Morgan fingerprint density at radius 2 is 2.18 bits per heavy atom. The molecule has 1 heterocycles. The molecule has 1 aromatic heterocycles. The molecule has 0 amide bonds. The fraction of sp³-hybridized carbons (Fsp3) is 0.636. The molecule has 1 aliphatic carbocycles. The summed E-state index contributed by atoms with van der Waals surface area (Å²) in [5.74, 6) is 0.561. The highest BCUT2D eigenvalue weighted by molar-refractivity contribution is 7.91. The van der Waals surface area contributed by atoms with Gasteiger partial charge in [0.25, 0.3) is 0 Å². The van der Waals surface area contributed by atoms with Crippen LogP contribution in [0.2, 0.25) is 0 Å². The lowest BCUT2D eigenvalue weighted by molar-refractivity contribution is 0.579. The number of rotatable bonds is 7. The minimum atomic E-state index is -3.28. The Hall–Kier alpha value is -0.430. The molecule has 4 nitrogen and oxygen atoms in total. The SMILES string of the molecule is CCNCc1ccc(S(=O)(=O)NCC2CC2)s1. The first-order valence-electron chi connectivity index (χ1n) is 5.91. The van der Waals surface area contributed by atoms with Crippen molar-refractivity contribution in [2.45, 2.75) is 30.5 Å². The van der Waals surface area contributed by atoms with Crippen molar-refractivity contribution in [2.24, 2.45) is 5.92 Å². The summed E-state index contributed by atoms with van der Waals surface area (Å²) < 4.78 is 27.0. The van der Waals surface area contributed by atoms with E-state index >= 15 is 0 Å². The first-order valence-corrected chi connectivity index (χ1v) is 8.21. The summed E-state index contributed by atoms with van der Waals surface area (Å²) in [5, 5.41) is 3.18. The number of thiophene rings is 1. The molecule has 1 saturated carbocycles. The van der Waals surface area contributed by atoms with Crippen molar-refractivity contribution < 1.29 is 8.42 Å². The lowest BCUT2D eigenvalue weighted by Crippen LogP contribution is -2.25. The van der Waals surface area contributed by atoms with Gasteiger partial charge in [0, 0.05) is 18.0 Å². The van der Waals surface area contributed by atoms with E-state index in [0.717, 1.165) is 30.8 Å². The summed E-state index contributed by atoms with van der Waals surface area (Å²) in [6.07, 6.45) is 2.30. The standard InChI is InChI=1S/C11H18N2O2S2/c1-2-12-8-10-5-6-11(16-10)17(14,15)13-7-9-3-4-9/h5-6,9,12-13H,2-4,7-8H2,1H3. The Kier molecular flexibility index (Phi) is 4.19. The summed E-state index contributed by atoms with van der Waals surface area (Å²) in [6.45, 7) is 4.24. The highest BCUT2D eigenvalue weighted by Crippen LogP contribution is 2.28. The average Bonchev–Trinajstić information content (AvgIpc) is 3.01. The molecule has 0 radical (unpaired) electrons. The summed E-state index contributed by atoms with van der Waals surface area (Å²) in [6, 6.07) is 3.56. The van der Waals surface area contributed by atoms with Crippen LogP contribution in [-0.4, -0.2) is 21.5 Å². The summed E-state index contributed by atoms with van der Waals surface area (Å²) in [7, 11) is -3.28. The lowest BCUT2D eigenvalue weighted by atomic mass is 10.4. The van der Waals surface area contributed by atoms with Crippen LogP contribution in [0.15, 0.2) is 16.3 Å². The van der Waals surface area contributed by atoms with Crippen LogP contribution in [0.3, 0.4) is 0 Å². The molecule has 1 fully saturated rings. The zero-order valence-corrected chi connectivity index (χ0v) is 11.5. The monoisotopic (exact) mass is 274 g/mol. The molecule has 1 aromatic rings. The number of sulfonamides is 1. The third-order valence-electron chi connectivity index (χ3n) is 2.71. The molecule has 0 saturated heterocycles. The Morgan fingerprint density at radius 1 is 1.41 bits per heavy atom. The fourth-order valence-corrected chi connectivity index (χ4v) is 3.95. The van der Waals surface area contributed by atoms with Gasteiger partial charge in [-0.1, -0.05) is 6.92 Å². The molecule has 0 bridgehead atoms. The van der Waals surface area contributed by atoms with Gasteiger partial charge in [-0.15, -0.1) is 11.3 Å². The van der Waals surface area contributed by atoms with E-state index in [1.807, 2.05) is 13.0 Å². The van der Waals surface area contributed by atoms with E-state index in [-0.39, 0.29) is 0 Å². The Bertz CT molecular complexity index is 464. The minimum Gasteiger partial charge on any atom is -0.312 e. The van der Waals surface area contributed by atoms with E-state index in [2.05, 4.69) is 10.0 Å². The van der Waals surface area contributed by atoms with Crippen molar-refractivity contribution in [2.75, 3.05) is 13.1 Å². The van der Waals surface area contributed by atoms with E-state index in [1.54, 1.807) is 6.07 Å². The first kappa shape index (κ1) is 13.0. The van der Waals surface area contributed by atoms with E-state index in [1.165, 1.54) is 11.3 Å². The quantitative estimate of drug-likeness (QED) is 0.793. The second-order valence-corrected chi connectivity index (χ2v) is 7.46. The second-order valence-electron chi connectivity index (χ2n) is 4.30. The Balaban J connectivity index is 1.96. The summed E-state index contributed by atoms with van der Waals surface area (Å²) in [4.78, 5) is 1.05. The molecule has 0 spiro atoms. The number of nitrogens with one attached hydrogen (secondary N) is 2. The molecule has 1 aliphatic rings. The van der Waals surface area contributed by atoms with Gasteiger partial charge < -0.3 is 5.32 Å². The van der Waals surface area contributed by atoms with Crippen LogP contribution in [0.1, 0.15) is 24.6 Å².